The lowest BCUT2D eigenvalue weighted by Gasteiger charge is -2.03. The highest BCUT2D eigenvalue weighted by Gasteiger charge is 2.00. The molecular formula is C9H16N4O2. The highest BCUT2D eigenvalue weighted by atomic mass is 16.5. The number of imidazole rings is 1. The number of anilines is 1. The van der Waals surface area contributed by atoms with E-state index in [1.807, 2.05) is 0 Å². The lowest BCUT2D eigenvalue weighted by atomic mass is 10.2. The molecule has 1 rings (SSSR count). The molecule has 6 nitrogen and oxygen atoms in total. The molecule has 15 heavy (non-hydrogen) atoms. The minimum Gasteiger partial charge on any atom is -0.450 e. The van der Waals surface area contributed by atoms with E-state index >= 15 is 0 Å². The van der Waals surface area contributed by atoms with Crippen molar-refractivity contribution < 1.29 is 9.53 Å². The van der Waals surface area contributed by atoms with Gasteiger partial charge in [0.05, 0.1) is 12.8 Å². The first kappa shape index (κ1) is 11.4. The van der Waals surface area contributed by atoms with Gasteiger partial charge in [0.25, 0.3) is 0 Å². The van der Waals surface area contributed by atoms with E-state index in [9.17, 15) is 4.79 Å². The molecule has 6 heteroatoms. The van der Waals surface area contributed by atoms with Gasteiger partial charge in [-0.2, -0.15) is 0 Å². The van der Waals surface area contributed by atoms with E-state index in [2.05, 4.69) is 15.3 Å². The summed E-state index contributed by atoms with van der Waals surface area (Å²) < 4.78 is 4.71. The van der Waals surface area contributed by atoms with Gasteiger partial charge in [-0.3, -0.25) is 0 Å². The van der Waals surface area contributed by atoms with Crippen molar-refractivity contribution in [2.75, 3.05) is 18.9 Å². The Hall–Kier alpha value is -1.72. The lowest BCUT2D eigenvalue weighted by Crippen LogP contribution is -2.25. The van der Waals surface area contributed by atoms with Gasteiger partial charge < -0.3 is 20.8 Å². The Bertz CT molecular complexity index is 311. The Morgan fingerprint density at radius 3 is 3.13 bits per heavy atom. The Labute approximate surface area is 88.2 Å². The number of nitrogens with two attached hydrogens (primary N) is 1. The number of nitrogen functional groups attached to an aromatic ring is 1. The number of aromatic nitrogens is 2. The van der Waals surface area contributed by atoms with Crippen molar-refractivity contribution in [3.05, 3.63) is 11.9 Å². The fraction of sp³-hybridized carbons (Fsp3) is 0.556. The third-order valence-corrected chi connectivity index (χ3v) is 1.82. The van der Waals surface area contributed by atoms with Gasteiger partial charge in [0, 0.05) is 12.2 Å². The molecule has 1 heterocycles. The molecule has 0 saturated heterocycles. The smallest absolute Gasteiger partial charge is 0.407 e. The predicted octanol–water partition coefficient (Wildman–Crippen LogP) is 0.671. The number of ether oxygens (including phenoxy) is 1. The third-order valence-electron chi connectivity index (χ3n) is 1.82. The van der Waals surface area contributed by atoms with Crippen molar-refractivity contribution in [3.8, 4) is 0 Å². The molecule has 0 bridgehead atoms. The number of rotatable bonds is 5. The van der Waals surface area contributed by atoms with Crippen LogP contribution in [0.5, 0.6) is 0 Å². The van der Waals surface area contributed by atoms with E-state index in [0.29, 0.717) is 19.1 Å². The molecule has 0 aromatic carbocycles. The quantitative estimate of drug-likeness (QED) is 0.625. The average molecular weight is 212 g/mol. The number of aromatic amines is 1. The number of aryl methyl sites for hydroxylation is 1. The number of hydrogen-bond donors (Lipinski definition) is 3. The van der Waals surface area contributed by atoms with Gasteiger partial charge in [0.1, 0.15) is 0 Å². The van der Waals surface area contributed by atoms with Crippen LogP contribution >= 0.6 is 0 Å². The third kappa shape index (κ3) is 4.35. The van der Waals surface area contributed by atoms with Gasteiger partial charge in [-0.25, -0.2) is 9.78 Å². The molecule has 0 aliphatic rings. The Kier molecular flexibility index (Phi) is 4.46. The number of amides is 1. The van der Waals surface area contributed by atoms with Gasteiger partial charge in [-0.15, -0.1) is 0 Å². The molecule has 0 aliphatic carbocycles. The van der Waals surface area contributed by atoms with Gasteiger partial charge in [0.15, 0.2) is 5.95 Å². The monoisotopic (exact) mass is 212 g/mol. The van der Waals surface area contributed by atoms with Crippen molar-refractivity contribution in [1.82, 2.24) is 15.3 Å². The van der Waals surface area contributed by atoms with Crippen molar-refractivity contribution in [2.24, 2.45) is 0 Å². The minimum absolute atomic E-state index is 0.373. The van der Waals surface area contributed by atoms with E-state index in [1.165, 1.54) is 0 Å². The van der Waals surface area contributed by atoms with Crippen LogP contribution in [-0.2, 0) is 11.2 Å². The predicted molar refractivity (Wildman–Crippen MR) is 56.3 cm³/mol. The van der Waals surface area contributed by atoms with Crippen LogP contribution in [0.25, 0.3) is 0 Å². The van der Waals surface area contributed by atoms with E-state index < -0.39 is 0 Å². The molecule has 0 fully saturated rings. The SMILES string of the molecule is CCOC(=O)NCCCc1cnc(N)[nH]1. The number of nitrogens with one attached hydrogen (secondary N) is 2. The van der Waals surface area contributed by atoms with Crippen molar-refractivity contribution in [3.63, 3.8) is 0 Å². The second kappa shape index (κ2) is 5.90. The fourth-order valence-electron chi connectivity index (χ4n) is 1.15. The molecular weight excluding hydrogens is 196 g/mol. The number of carbonyl (C=O) groups excluding carboxylic acids is 1. The maximum Gasteiger partial charge on any atom is 0.407 e. The zero-order valence-corrected chi connectivity index (χ0v) is 8.75. The summed E-state index contributed by atoms with van der Waals surface area (Å²) in [7, 11) is 0. The van der Waals surface area contributed by atoms with Crippen LogP contribution in [0.2, 0.25) is 0 Å². The molecule has 1 aromatic heterocycles. The molecule has 0 saturated carbocycles. The molecule has 1 aromatic rings. The Balaban J connectivity index is 2.09. The number of nitrogens with zero attached hydrogens (tertiary/aromatic N) is 1. The van der Waals surface area contributed by atoms with Crippen LogP contribution in [-0.4, -0.2) is 29.2 Å². The van der Waals surface area contributed by atoms with Gasteiger partial charge in [-0.05, 0) is 19.8 Å². The highest BCUT2D eigenvalue weighted by molar-refractivity contribution is 5.66. The largest absolute Gasteiger partial charge is 0.450 e. The van der Waals surface area contributed by atoms with Crippen LogP contribution in [0.1, 0.15) is 19.0 Å². The van der Waals surface area contributed by atoms with E-state index in [4.69, 9.17) is 10.5 Å². The molecule has 0 unspecified atom stereocenters. The van der Waals surface area contributed by atoms with Gasteiger partial charge >= 0.3 is 6.09 Å². The molecule has 84 valence electrons. The zero-order valence-electron chi connectivity index (χ0n) is 8.75. The summed E-state index contributed by atoms with van der Waals surface area (Å²) in [6, 6.07) is 0. The standard InChI is InChI=1S/C9H16N4O2/c1-2-15-9(14)11-5-3-4-7-6-12-8(10)13-7/h6H,2-5H2,1H3,(H,11,14)(H3,10,12,13). The number of carbonyl (C=O) groups is 1. The first-order valence-electron chi connectivity index (χ1n) is 4.92. The van der Waals surface area contributed by atoms with Crippen LogP contribution in [0.4, 0.5) is 10.7 Å². The summed E-state index contributed by atoms with van der Waals surface area (Å²) in [5.41, 5.74) is 6.38. The number of H-pyrrole nitrogens is 1. The number of hydrogen-bond acceptors (Lipinski definition) is 4. The van der Waals surface area contributed by atoms with Crippen LogP contribution in [0, 0.1) is 0 Å². The van der Waals surface area contributed by atoms with Gasteiger partial charge in [0.2, 0.25) is 0 Å². The summed E-state index contributed by atoms with van der Waals surface area (Å²) in [6.45, 7) is 2.74. The van der Waals surface area contributed by atoms with Crippen LogP contribution in [0.3, 0.4) is 0 Å². The van der Waals surface area contributed by atoms with Crippen molar-refractivity contribution in [2.45, 2.75) is 19.8 Å². The van der Waals surface area contributed by atoms with E-state index in [-0.39, 0.29) is 6.09 Å². The Morgan fingerprint density at radius 1 is 1.73 bits per heavy atom. The van der Waals surface area contributed by atoms with E-state index in [1.54, 1.807) is 13.1 Å². The summed E-state index contributed by atoms with van der Waals surface area (Å²) in [6.07, 6.45) is 2.94. The summed E-state index contributed by atoms with van der Waals surface area (Å²) in [5, 5.41) is 2.63. The van der Waals surface area contributed by atoms with E-state index in [0.717, 1.165) is 18.5 Å². The average Bonchev–Trinajstić information content (AvgIpc) is 2.60. The molecule has 0 spiro atoms. The zero-order chi connectivity index (χ0) is 11.1. The maximum atomic E-state index is 10.9. The summed E-state index contributed by atoms with van der Waals surface area (Å²) in [4.78, 5) is 17.7. The first-order valence-corrected chi connectivity index (χ1v) is 4.92. The molecule has 0 radical (unpaired) electrons. The summed E-state index contributed by atoms with van der Waals surface area (Å²) >= 11 is 0. The number of alkyl carbamates (subject to hydrolysis) is 1. The second-order valence-electron chi connectivity index (χ2n) is 3.04. The minimum atomic E-state index is -0.373. The van der Waals surface area contributed by atoms with Crippen molar-refractivity contribution in [1.29, 1.82) is 0 Å². The maximum absolute atomic E-state index is 10.9. The highest BCUT2D eigenvalue weighted by Crippen LogP contribution is 2.00. The molecule has 0 atom stereocenters. The topological polar surface area (TPSA) is 93.0 Å². The second-order valence-corrected chi connectivity index (χ2v) is 3.04. The fourth-order valence-corrected chi connectivity index (χ4v) is 1.15. The van der Waals surface area contributed by atoms with Crippen LogP contribution < -0.4 is 11.1 Å². The normalized spacial score (nSPS) is 9.93. The summed E-state index contributed by atoms with van der Waals surface area (Å²) in [5.74, 6) is 0.420. The lowest BCUT2D eigenvalue weighted by molar-refractivity contribution is 0.152. The van der Waals surface area contributed by atoms with Gasteiger partial charge in [-0.1, -0.05) is 0 Å². The molecule has 0 aliphatic heterocycles. The molecule has 1 amide bonds. The first-order chi connectivity index (χ1) is 7.22. The molecule has 4 N–H and O–H groups in total. The van der Waals surface area contributed by atoms with Crippen LogP contribution in [0.15, 0.2) is 6.20 Å². The van der Waals surface area contributed by atoms with Crippen molar-refractivity contribution >= 4 is 12.0 Å². The Morgan fingerprint density at radius 2 is 2.53 bits per heavy atom.